The SMILES string of the molecule is CNC(=O)c1ccc(NCCS(C)(=O)=O)nn1. The Balaban J connectivity index is 2.54. The molecule has 0 fully saturated rings. The molecule has 94 valence electrons. The summed E-state index contributed by atoms with van der Waals surface area (Å²) in [6.45, 7) is 0.257. The molecule has 0 aliphatic carbocycles. The number of hydrogen-bond acceptors (Lipinski definition) is 6. The van der Waals surface area contributed by atoms with E-state index in [2.05, 4.69) is 20.8 Å². The van der Waals surface area contributed by atoms with Gasteiger partial charge in [0.15, 0.2) is 5.69 Å². The van der Waals surface area contributed by atoms with Crippen LogP contribution in [-0.2, 0) is 9.84 Å². The van der Waals surface area contributed by atoms with Gasteiger partial charge in [0.2, 0.25) is 0 Å². The number of nitrogens with zero attached hydrogens (tertiary/aromatic N) is 2. The molecule has 0 saturated carbocycles. The van der Waals surface area contributed by atoms with Gasteiger partial charge in [0.25, 0.3) is 5.91 Å². The van der Waals surface area contributed by atoms with E-state index in [9.17, 15) is 13.2 Å². The standard InChI is InChI=1S/C9H14N4O3S/c1-10-9(14)7-3-4-8(13-12-7)11-5-6-17(2,15)16/h3-4H,5-6H2,1-2H3,(H,10,14)(H,11,13). The van der Waals surface area contributed by atoms with Crippen molar-refractivity contribution in [2.24, 2.45) is 0 Å². The topological polar surface area (TPSA) is 101 Å². The largest absolute Gasteiger partial charge is 0.368 e. The highest BCUT2D eigenvalue weighted by atomic mass is 32.2. The van der Waals surface area contributed by atoms with Crippen LogP contribution in [0.3, 0.4) is 0 Å². The molecule has 0 bridgehead atoms. The number of sulfone groups is 1. The lowest BCUT2D eigenvalue weighted by atomic mass is 10.3. The Kier molecular flexibility index (Phi) is 4.38. The molecule has 0 saturated heterocycles. The van der Waals surface area contributed by atoms with Crippen LogP contribution in [0.1, 0.15) is 10.5 Å². The molecule has 1 amide bonds. The van der Waals surface area contributed by atoms with Crippen LogP contribution < -0.4 is 10.6 Å². The van der Waals surface area contributed by atoms with E-state index in [1.54, 1.807) is 6.07 Å². The molecule has 2 N–H and O–H groups in total. The van der Waals surface area contributed by atoms with E-state index in [1.807, 2.05) is 0 Å². The Hall–Kier alpha value is -1.70. The molecule has 0 atom stereocenters. The molecule has 0 aliphatic heterocycles. The molecule has 0 radical (unpaired) electrons. The van der Waals surface area contributed by atoms with Crippen LogP contribution in [0.4, 0.5) is 5.82 Å². The van der Waals surface area contributed by atoms with E-state index >= 15 is 0 Å². The summed E-state index contributed by atoms with van der Waals surface area (Å²) in [4.78, 5) is 11.2. The second-order valence-electron chi connectivity index (χ2n) is 3.44. The van der Waals surface area contributed by atoms with Crippen LogP contribution in [-0.4, -0.2) is 50.1 Å². The molecular formula is C9H14N4O3S. The minimum Gasteiger partial charge on any atom is -0.368 e. The van der Waals surface area contributed by atoms with E-state index in [0.29, 0.717) is 5.82 Å². The smallest absolute Gasteiger partial charge is 0.271 e. The number of amides is 1. The number of aromatic nitrogens is 2. The number of rotatable bonds is 5. The van der Waals surface area contributed by atoms with E-state index < -0.39 is 9.84 Å². The molecular weight excluding hydrogens is 244 g/mol. The summed E-state index contributed by atoms with van der Waals surface area (Å²) in [6, 6.07) is 3.08. The third kappa shape index (κ3) is 4.77. The Morgan fingerprint density at radius 3 is 2.53 bits per heavy atom. The number of nitrogens with one attached hydrogen (secondary N) is 2. The highest BCUT2D eigenvalue weighted by Crippen LogP contribution is 2.01. The molecule has 8 heteroatoms. The number of anilines is 1. The first-order valence-electron chi connectivity index (χ1n) is 4.90. The van der Waals surface area contributed by atoms with Gasteiger partial charge in [-0.25, -0.2) is 8.42 Å². The summed E-state index contributed by atoms with van der Waals surface area (Å²) < 4.78 is 21.7. The van der Waals surface area contributed by atoms with Crippen molar-refractivity contribution < 1.29 is 13.2 Å². The first-order valence-corrected chi connectivity index (χ1v) is 6.96. The maximum absolute atomic E-state index is 11.2. The first kappa shape index (κ1) is 13.4. The predicted octanol–water partition coefficient (Wildman–Crippen LogP) is -0.707. The predicted molar refractivity (Wildman–Crippen MR) is 63.6 cm³/mol. The van der Waals surface area contributed by atoms with Crippen molar-refractivity contribution in [2.45, 2.75) is 0 Å². The van der Waals surface area contributed by atoms with Gasteiger partial charge in [0, 0.05) is 19.8 Å². The van der Waals surface area contributed by atoms with Crippen molar-refractivity contribution in [3.63, 3.8) is 0 Å². The van der Waals surface area contributed by atoms with Crippen molar-refractivity contribution >= 4 is 21.6 Å². The van der Waals surface area contributed by atoms with Crippen LogP contribution in [0.25, 0.3) is 0 Å². The van der Waals surface area contributed by atoms with Gasteiger partial charge in [-0.3, -0.25) is 4.79 Å². The molecule has 1 aromatic heterocycles. The minimum absolute atomic E-state index is 0.0197. The highest BCUT2D eigenvalue weighted by molar-refractivity contribution is 7.90. The molecule has 17 heavy (non-hydrogen) atoms. The maximum atomic E-state index is 11.2. The lowest BCUT2D eigenvalue weighted by Gasteiger charge is -2.04. The highest BCUT2D eigenvalue weighted by Gasteiger charge is 2.06. The lowest BCUT2D eigenvalue weighted by Crippen LogP contribution is -2.20. The third-order valence-electron chi connectivity index (χ3n) is 1.90. The fourth-order valence-corrected chi connectivity index (χ4v) is 1.51. The Labute approximate surface area is 99.6 Å². The summed E-state index contributed by atoms with van der Waals surface area (Å²) in [5.41, 5.74) is 0.209. The van der Waals surface area contributed by atoms with Gasteiger partial charge in [-0.05, 0) is 12.1 Å². The molecule has 1 rings (SSSR count). The van der Waals surface area contributed by atoms with E-state index in [-0.39, 0.29) is 23.9 Å². The van der Waals surface area contributed by atoms with E-state index in [0.717, 1.165) is 6.26 Å². The van der Waals surface area contributed by atoms with Gasteiger partial charge >= 0.3 is 0 Å². The summed E-state index contributed by atoms with van der Waals surface area (Å²) in [7, 11) is -1.49. The monoisotopic (exact) mass is 258 g/mol. The third-order valence-corrected chi connectivity index (χ3v) is 2.85. The first-order chi connectivity index (χ1) is 7.92. The molecule has 1 heterocycles. The van der Waals surface area contributed by atoms with E-state index in [4.69, 9.17) is 0 Å². The minimum atomic E-state index is -2.99. The zero-order chi connectivity index (χ0) is 12.9. The van der Waals surface area contributed by atoms with Gasteiger partial charge in [-0.15, -0.1) is 10.2 Å². The summed E-state index contributed by atoms with van der Waals surface area (Å²) in [5, 5.41) is 12.7. The van der Waals surface area contributed by atoms with Gasteiger partial charge < -0.3 is 10.6 Å². The zero-order valence-corrected chi connectivity index (χ0v) is 10.4. The van der Waals surface area contributed by atoms with Crippen molar-refractivity contribution in [1.29, 1.82) is 0 Å². The Morgan fingerprint density at radius 1 is 1.35 bits per heavy atom. The van der Waals surface area contributed by atoms with Crippen molar-refractivity contribution in [1.82, 2.24) is 15.5 Å². The van der Waals surface area contributed by atoms with Crippen molar-refractivity contribution in [3.05, 3.63) is 17.8 Å². The number of carbonyl (C=O) groups excluding carboxylic acids is 1. The summed E-state index contributed by atoms with van der Waals surface area (Å²) in [5.74, 6) is 0.132. The molecule has 0 aromatic carbocycles. The Morgan fingerprint density at radius 2 is 2.06 bits per heavy atom. The normalized spacial score (nSPS) is 10.9. The van der Waals surface area contributed by atoms with Crippen LogP contribution in [0.5, 0.6) is 0 Å². The van der Waals surface area contributed by atoms with Gasteiger partial charge in [-0.1, -0.05) is 0 Å². The number of carbonyl (C=O) groups is 1. The second kappa shape index (κ2) is 5.58. The molecule has 7 nitrogen and oxygen atoms in total. The van der Waals surface area contributed by atoms with Crippen LogP contribution >= 0.6 is 0 Å². The lowest BCUT2D eigenvalue weighted by molar-refractivity contribution is 0.0957. The van der Waals surface area contributed by atoms with Gasteiger partial charge in [-0.2, -0.15) is 0 Å². The molecule has 0 spiro atoms. The number of hydrogen-bond donors (Lipinski definition) is 2. The Bertz CT molecular complexity index is 483. The summed E-state index contributed by atoms with van der Waals surface area (Å²) >= 11 is 0. The molecule has 0 aliphatic rings. The quantitative estimate of drug-likeness (QED) is 0.723. The van der Waals surface area contributed by atoms with Crippen LogP contribution in [0.15, 0.2) is 12.1 Å². The van der Waals surface area contributed by atoms with Gasteiger partial charge in [0.1, 0.15) is 15.7 Å². The van der Waals surface area contributed by atoms with Crippen LogP contribution in [0.2, 0.25) is 0 Å². The average Bonchev–Trinajstić information content (AvgIpc) is 2.27. The average molecular weight is 258 g/mol. The van der Waals surface area contributed by atoms with Crippen molar-refractivity contribution in [3.8, 4) is 0 Å². The van der Waals surface area contributed by atoms with Crippen molar-refractivity contribution in [2.75, 3.05) is 30.9 Å². The maximum Gasteiger partial charge on any atom is 0.271 e. The second-order valence-corrected chi connectivity index (χ2v) is 5.70. The molecule has 0 unspecified atom stereocenters. The summed E-state index contributed by atoms with van der Waals surface area (Å²) in [6.07, 6.45) is 1.16. The molecule has 1 aromatic rings. The zero-order valence-electron chi connectivity index (χ0n) is 9.60. The fourth-order valence-electron chi connectivity index (χ4n) is 1.04. The fraction of sp³-hybridized carbons (Fsp3) is 0.444. The van der Waals surface area contributed by atoms with Crippen LogP contribution in [0, 0.1) is 0 Å². The van der Waals surface area contributed by atoms with E-state index in [1.165, 1.54) is 13.1 Å². The van der Waals surface area contributed by atoms with Gasteiger partial charge in [0.05, 0.1) is 5.75 Å².